The first-order valence-corrected chi connectivity index (χ1v) is 6.86. The third-order valence-electron chi connectivity index (χ3n) is 3.74. The molecule has 1 heterocycles. The van der Waals surface area contributed by atoms with Crippen LogP contribution in [-0.4, -0.2) is 63.2 Å². The molecule has 1 aliphatic rings. The summed E-state index contributed by atoms with van der Waals surface area (Å²) in [6.45, 7) is 3.01. The van der Waals surface area contributed by atoms with Crippen LogP contribution in [0.15, 0.2) is 12.1 Å². The predicted octanol–water partition coefficient (Wildman–Crippen LogP) is 1.14. The Morgan fingerprint density at radius 3 is 2.36 bits per heavy atom. The lowest BCUT2D eigenvalue weighted by molar-refractivity contribution is -0.385. The number of carbonyl (C=O) groups is 1. The number of rotatable bonds is 4. The zero-order valence-electron chi connectivity index (χ0n) is 12.9. The molecule has 8 nitrogen and oxygen atoms in total. The molecule has 0 aliphatic carbocycles. The number of likely N-dealkylation sites (N-methyl/N-ethyl adjacent to an activating group) is 1. The van der Waals surface area contributed by atoms with E-state index in [9.17, 15) is 14.9 Å². The molecular formula is C14H19N3O5. The van der Waals surface area contributed by atoms with Crippen LogP contribution >= 0.6 is 0 Å². The van der Waals surface area contributed by atoms with Gasteiger partial charge < -0.3 is 19.3 Å². The number of anilines is 1. The zero-order valence-corrected chi connectivity index (χ0v) is 12.9. The Balaban J connectivity index is 2.50. The van der Waals surface area contributed by atoms with Crippen LogP contribution in [0.1, 0.15) is 10.4 Å². The van der Waals surface area contributed by atoms with Crippen LogP contribution < -0.4 is 9.64 Å². The van der Waals surface area contributed by atoms with Crippen molar-refractivity contribution in [1.82, 2.24) is 4.90 Å². The van der Waals surface area contributed by atoms with E-state index in [4.69, 9.17) is 9.47 Å². The molecule has 1 aromatic rings. The van der Waals surface area contributed by atoms with Gasteiger partial charge in [-0.25, -0.2) is 4.79 Å². The average Bonchev–Trinajstić information content (AvgIpc) is 2.53. The Kier molecular flexibility index (Phi) is 4.81. The van der Waals surface area contributed by atoms with Gasteiger partial charge in [0.2, 0.25) is 0 Å². The van der Waals surface area contributed by atoms with Gasteiger partial charge in [-0.05, 0) is 7.05 Å². The minimum Gasteiger partial charge on any atom is -0.490 e. The summed E-state index contributed by atoms with van der Waals surface area (Å²) in [6.07, 6.45) is 0. The molecule has 0 aromatic heterocycles. The van der Waals surface area contributed by atoms with E-state index in [0.717, 1.165) is 13.1 Å². The van der Waals surface area contributed by atoms with E-state index < -0.39 is 10.9 Å². The third kappa shape index (κ3) is 3.11. The zero-order chi connectivity index (χ0) is 16.3. The van der Waals surface area contributed by atoms with Crippen molar-refractivity contribution in [3.63, 3.8) is 0 Å². The highest BCUT2D eigenvalue weighted by atomic mass is 16.6. The highest BCUT2D eigenvalue weighted by Crippen LogP contribution is 2.35. The van der Waals surface area contributed by atoms with Gasteiger partial charge >= 0.3 is 11.7 Å². The lowest BCUT2D eigenvalue weighted by atomic mass is 10.1. The van der Waals surface area contributed by atoms with Gasteiger partial charge in [-0.15, -0.1) is 0 Å². The summed E-state index contributed by atoms with van der Waals surface area (Å²) in [6, 6.07) is 2.76. The Morgan fingerprint density at radius 1 is 1.23 bits per heavy atom. The summed E-state index contributed by atoms with van der Waals surface area (Å²) < 4.78 is 9.81. The number of hydrogen-bond acceptors (Lipinski definition) is 7. The molecule has 1 saturated heterocycles. The van der Waals surface area contributed by atoms with Crippen molar-refractivity contribution in [1.29, 1.82) is 0 Å². The minimum atomic E-state index is -0.540. The molecule has 1 fully saturated rings. The standard InChI is InChI=1S/C14H19N3O5/c1-15-4-6-16(7-5-15)11-9-12(17(19)20)13(21-2)8-10(11)14(18)22-3/h8-9H,4-7H2,1-3H3. The largest absolute Gasteiger partial charge is 0.490 e. The van der Waals surface area contributed by atoms with Gasteiger partial charge in [-0.3, -0.25) is 10.1 Å². The second kappa shape index (κ2) is 6.61. The number of nitro benzene ring substituents is 1. The Morgan fingerprint density at radius 2 is 1.86 bits per heavy atom. The van der Waals surface area contributed by atoms with Gasteiger partial charge in [0.05, 0.1) is 30.4 Å². The molecule has 2 rings (SSSR count). The van der Waals surface area contributed by atoms with Gasteiger partial charge in [0, 0.05) is 38.3 Å². The van der Waals surface area contributed by atoms with E-state index in [0.29, 0.717) is 18.8 Å². The predicted molar refractivity (Wildman–Crippen MR) is 80.7 cm³/mol. The van der Waals surface area contributed by atoms with Crippen LogP contribution in [-0.2, 0) is 4.74 Å². The van der Waals surface area contributed by atoms with Crippen molar-refractivity contribution in [2.24, 2.45) is 0 Å². The first-order valence-electron chi connectivity index (χ1n) is 6.86. The first kappa shape index (κ1) is 16.0. The smallest absolute Gasteiger partial charge is 0.340 e. The van der Waals surface area contributed by atoms with Gasteiger partial charge in [0.15, 0.2) is 5.75 Å². The highest BCUT2D eigenvalue weighted by Gasteiger charge is 2.27. The maximum absolute atomic E-state index is 12.0. The first-order chi connectivity index (χ1) is 10.5. The quantitative estimate of drug-likeness (QED) is 0.468. The van der Waals surface area contributed by atoms with E-state index in [-0.39, 0.29) is 17.0 Å². The number of hydrogen-bond donors (Lipinski definition) is 0. The van der Waals surface area contributed by atoms with Gasteiger partial charge in [-0.1, -0.05) is 0 Å². The fraction of sp³-hybridized carbons (Fsp3) is 0.500. The number of nitrogens with zero attached hydrogens (tertiary/aromatic N) is 3. The van der Waals surface area contributed by atoms with Gasteiger partial charge in [-0.2, -0.15) is 0 Å². The van der Waals surface area contributed by atoms with Crippen molar-refractivity contribution in [3.05, 3.63) is 27.8 Å². The summed E-state index contributed by atoms with van der Waals surface area (Å²) >= 11 is 0. The van der Waals surface area contributed by atoms with Crippen molar-refractivity contribution in [2.45, 2.75) is 0 Å². The van der Waals surface area contributed by atoms with Crippen molar-refractivity contribution >= 4 is 17.3 Å². The number of piperazine rings is 1. The average molecular weight is 309 g/mol. The fourth-order valence-corrected chi connectivity index (χ4v) is 2.45. The maximum Gasteiger partial charge on any atom is 0.340 e. The Hall–Kier alpha value is -2.35. The molecule has 8 heteroatoms. The minimum absolute atomic E-state index is 0.0447. The topological polar surface area (TPSA) is 85.1 Å². The maximum atomic E-state index is 12.0. The number of benzene rings is 1. The molecule has 0 bridgehead atoms. The summed E-state index contributed by atoms with van der Waals surface area (Å²) in [5, 5.41) is 11.2. The number of carbonyl (C=O) groups excluding carboxylic acids is 1. The number of methoxy groups -OCH3 is 2. The summed E-state index contributed by atoms with van der Waals surface area (Å²) in [7, 11) is 4.62. The van der Waals surface area contributed by atoms with Crippen molar-refractivity contribution in [2.75, 3.05) is 52.3 Å². The van der Waals surface area contributed by atoms with Gasteiger partial charge in [0.25, 0.3) is 0 Å². The number of esters is 1. The number of ether oxygens (including phenoxy) is 2. The molecule has 0 amide bonds. The fourth-order valence-electron chi connectivity index (χ4n) is 2.45. The van der Waals surface area contributed by atoms with Gasteiger partial charge in [0.1, 0.15) is 0 Å². The monoisotopic (exact) mass is 309 g/mol. The lowest BCUT2D eigenvalue weighted by Crippen LogP contribution is -2.45. The van der Waals surface area contributed by atoms with E-state index in [2.05, 4.69) is 4.90 Å². The van der Waals surface area contributed by atoms with Crippen LogP contribution in [0.2, 0.25) is 0 Å². The molecule has 0 N–H and O–H groups in total. The van der Waals surface area contributed by atoms with Crippen LogP contribution in [0.25, 0.3) is 0 Å². The molecule has 0 saturated carbocycles. The van der Waals surface area contributed by atoms with E-state index in [1.165, 1.54) is 26.4 Å². The van der Waals surface area contributed by atoms with Crippen LogP contribution in [0, 0.1) is 10.1 Å². The number of nitro groups is 1. The van der Waals surface area contributed by atoms with Crippen molar-refractivity contribution in [3.8, 4) is 5.75 Å². The molecular weight excluding hydrogens is 290 g/mol. The summed E-state index contributed by atoms with van der Waals surface area (Å²) in [5.74, 6) is -0.495. The Labute approximate surface area is 128 Å². The Bertz CT molecular complexity index is 582. The molecule has 120 valence electrons. The lowest BCUT2D eigenvalue weighted by Gasteiger charge is -2.34. The SMILES string of the molecule is COC(=O)c1cc(OC)c([N+](=O)[O-])cc1N1CCN(C)CC1. The second-order valence-electron chi connectivity index (χ2n) is 5.08. The molecule has 0 atom stereocenters. The van der Waals surface area contributed by atoms with Crippen LogP contribution in [0.4, 0.5) is 11.4 Å². The highest BCUT2D eigenvalue weighted by molar-refractivity contribution is 5.97. The molecule has 1 aromatic carbocycles. The molecule has 0 radical (unpaired) electrons. The van der Waals surface area contributed by atoms with Crippen LogP contribution in [0.3, 0.4) is 0 Å². The molecule has 0 unspecified atom stereocenters. The van der Waals surface area contributed by atoms with E-state index in [1.54, 1.807) is 0 Å². The second-order valence-corrected chi connectivity index (χ2v) is 5.08. The third-order valence-corrected chi connectivity index (χ3v) is 3.74. The van der Waals surface area contributed by atoms with Crippen LogP contribution in [0.5, 0.6) is 5.75 Å². The summed E-state index contributed by atoms with van der Waals surface area (Å²) in [4.78, 5) is 26.8. The van der Waals surface area contributed by atoms with E-state index in [1.807, 2.05) is 11.9 Å². The van der Waals surface area contributed by atoms with E-state index >= 15 is 0 Å². The normalized spacial score (nSPS) is 15.5. The summed E-state index contributed by atoms with van der Waals surface area (Å²) in [5.41, 5.74) is 0.617. The molecule has 22 heavy (non-hydrogen) atoms. The molecule has 0 spiro atoms. The molecule has 1 aliphatic heterocycles. The van der Waals surface area contributed by atoms with Crippen molar-refractivity contribution < 1.29 is 19.2 Å².